The van der Waals surface area contributed by atoms with E-state index in [1.165, 1.54) is 0 Å². The Morgan fingerprint density at radius 3 is 2.55 bits per heavy atom. The van der Waals surface area contributed by atoms with Gasteiger partial charge in [-0.15, -0.1) is 0 Å². The summed E-state index contributed by atoms with van der Waals surface area (Å²) in [6.45, 7) is 8.34. The number of carbonyl (C=O) groups is 1. The van der Waals surface area contributed by atoms with Gasteiger partial charge in [0, 0.05) is 18.7 Å². The van der Waals surface area contributed by atoms with Crippen LogP contribution in [0.15, 0.2) is 12.1 Å². The van der Waals surface area contributed by atoms with E-state index >= 15 is 0 Å². The summed E-state index contributed by atoms with van der Waals surface area (Å²) >= 11 is 6.22. The molecule has 0 aromatic heterocycles. The van der Waals surface area contributed by atoms with Crippen LogP contribution in [0.1, 0.15) is 37.6 Å². The van der Waals surface area contributed by atoms with Crippen LogP contribution in [0, 0.1) is 0 Å². The number of nitrogens with one attached hydrogen (secondary N) is 1. The first-order valence-corrected chi connectivity index (χ1v) is 7.96. The first-order valence-electron chi connectivity index (χ1n) is 7.59. The highest BCUT2D eigenvalue weighted by Gasteiger charge is 2.16. The Morgan fingerprint density at radius 1 is 1.14 bits per heavy atom. The van der Waals surface area contributed by atoms with Gasteiger partial charge in [0.15, 0.2) is 11.5 Å². The highest BCUT2D eigenvalue weighted by molar-refractivity contribution is 6.32. The average Bonchev–Trinajstić information content (AvgIpc) is 2.50. The molecular weight excluding hydrogens is 306 g/mol. The Morgan fingerprint density at radius 2 is 1.91 bits per heavy atom. The highest BCUT2D eigenvalue weighted by atomic mass is 35.5. The second-order valence-corrected chi connectivity index (χ2v) is 4.93. The molecule has 0 bridgehead atoms. The zero-order valence-corrected chi connectivity index (χ0v) is 14.2. The second-order valence-electron chi connectivity index (χ2n) is 4.52. The van der Waals surface area contributed by atoms with Gasteiger partial charge in [-0.25, -0.2) is 0 Å². The number of halogens is 1. The van der Waals surface area contributed by atoms with Crippen LogP contribution in [0.5, 0.6) is 11.5 Å². The number of amides is 1. The summed E-state index contributed by atoms with van der Waals surface area (Å²) < 4.78 is 16.3. The third-order valence-electron chi connectivity index (χ3n) is 2.76. The van der Waals surface area contributed by atoms with Gasteiger partial charge in [0.05, 0.1) is 24.8 Å². The third-order valence-corrected chi connectivity index (χ3v) is 3.04. The minimum Gasteiger partial charge on any atom is -0.490 e. The van der Waals surface area contributed by atoms with Gasteiger partial charge in [0.25, 0.3) is 5.91 Å². The molecule has 0 radical (unpaired) electrons. The van der Waals surface area contributed by atoms with Crippen LogP contribution in [-0.2, 0) is 4.74 Å². The van der Waals surface area contributed by atoms with Crippen molar-refractivity contribution in [1.29, 1.82) is 0 Å². The maximum Gasteiger partial charge on any atom is 0.251 e. The summed E-state index contributed by atoms with van der Waals surface area (Å²) in [5.74, 6) is 0.749. The van der Waals surface area contributed by atoms with Gasteiger partial charge < -0.3 is 19.5 Å². The molecule has 1 N–H and O–H groups in total. The van der Waals surface area contributed by atoms with Crippen LogP contribution >= 0.6 is 11.6 Å². The predicted octanol–water partition coefficient (Wildman–Crippen LogP) is 3.29. The van der Waals surface area contributed by atoms with E-state index in [1.54, 1.807) is 12.1 Å². The Hall–Kier alpha value is -1.46. The summed E-state index contributed by atoms with van der Waals surface area (Å²) in [5.41, 5.74) is 0.439. The molecule has 5 nitrogen and oxygen atoms in total. The summed E-state index contributed by atoms with van der Waals surface area (Å²) in [5, 5.41) is 3.14. The molecule has 0 aliphatic carbocycles. The first kappa shape index (κ1) is 18.6. The van der Waals surface area contributed by atoms with E-state index < -0.39 is 0 Å². The van der Waals surface area contributed by atoms with Crippen molar-refractivity contribution in [3.63, 3.8) is 0 Å². The van der Waals surface area contributed by atoms with Gasteiger partial charge in [0.1, 0.15) is 0 Å². The summed E-state index contributed by atoms with van der Waals surface area (Å²) in [6, 6.07) is 3.24. The minimum absolute atomic E-state index is 0.218. The Labute approximate surface area is 136 Å². The van der Waals surface area contributed by atoms with Crippen molar-refractivity contribution in [2.75, 3.05) is 33.0 Å². The molecule has 1 amide bonds. The van der Waals surface area contributed by atoms with Crippen LogP contribution in [0.3, 0.4) is 0 Å². The van der Waals surface area contributed by atoms with Gasteiger partial charge in [-0.2, -0.15) is 0 Å². The molecule has 0 saturated carbocycles. The smallest absolute Gasteiger partial charge is 0.251 e. The lowest BCUT2D eigenvalue weighted by molar-refractivity contribution is 0.0922. The van der Waals surface area contributed by atoms with E-state index in [0.29, 0.717) is 55.1 Å². The van der Waals surface area contributed by atoms with Crippen molar-refractivity contribution in [3.05, 3.63) is 22.7 Å². The average molecular weight is 330 g/mol. The van der Waals surface area contributed by atoms with Crippen LogP contribution in [0.4, 0.5) is 0 Å². The molecule has 22 heavy (non-hydrogen) atoms. The molecular formula is C16H24ClNO4. The van der Waals surface area contributed by atoms with E-state index in [0.717, 1.165) is 6.42 Å². The Kier molecular flexibility index (Phi) is 8.70. The number of rotatable bonds is 10. The molecule has 0 spiro atoms. The van der Waals surface area contributed by atoms with E-state index in [2.05, 4.69) is 5.32 Å². The number of hydrogen-bond donors (Lipinski definition) is 1. The fraction of sp³-hybridized carbons (Fsp3) is 0.562. The van der Waals surface area contributed by atoms with Crippen molar-refractivity contribution in [2.45, 2.75) is 27.2 Å². The zero-order valence-electron chi connectivity index (χ0n) is 13.4. The molecule has 1 aromatic carbocycles. The van der Waals surface area contributed by atoms with Crippen LogP contribution in [0.25, 0.3) is 0 Å². The fourth-order valence-electron chi connectivity index (χ4n) is 1.79. The number of carbonyl (C=O) groups excluding carboxylic acids is 1. The molecule has 6 heteroatoms. The van der Waals surface area contributed by atoms with Crippen molar-refractivity contribution < 1.29 is 19.0 Å². The van der Waals surface area contributed by atoms with Crippen LogP contribution in [-0.4, -0.2) is 38.9 Å². The summed E-state index contributed by atoms with van der Waals surface area (Å²) in [4.78, 5) is 12.1. The predicted molar refractivity (Wildman–Crippen MR) is 87.2 cm³/mol. The molecule has 1 aromatic rings. The van der Waals surface area contributed by atoms with Crippen LogP contribution < -0.4 is 14.8 Å². The van der Waals surface area contributed by atoms with Gasteiger partial charge in [-0.05, 0) is 32.4 Å². The van der Waals surface area contributed by atoms with Gasteiger partial charge in [-0.1, -0.05) is 18.5 Å². The van der Waals surface area contributed by atoms with Crippen molar-refractivity contribution in [1.82, 2.24) is 5.32 Å². The van der Waals surface area contributed by atoms with Crippen molar-refractivity contribution >= 4 is 17.5 Å². The molecule has 1 rings (SSSR count). The van der Waals surface area contributed by atoms with E-state index in [9.17, 15) is 4.79 Å². The summed E-state index contributed by atoms with van der Waals surface area (Å²) in [6.07, 6.45) is 0.863. The maximum atomic E-state index is 12.1. The minimum atomic E-state index is -0.218. The molecule has 0 saturated heterocycles. The lowest BCUT2D eigenvalue weighted by Crippen LogP contribution is -2.27. The Bertz CT molecular complexity index is 479. The van der Waals surface area contributed by atoms with Gasteiger partial charge in [0.2, 0.25) is 0 Å². The number of ether oxygens (including phenoxy) is 3. The summed E-state index contributed by atoms with van der Waals surface area (Å²) in [7, 11) is 0. The largest absolute Gasteiger partial charge is 0.490 e. The molecule has 0 heterocycles. The zero-order chi connectivity index (χ0) is 16.4. The third kappa shape index (κ3) is 5.73. The molecule has 0 unspecified atom stereocenters. The number of hydrogen-bond acceptors (Lipinski definition) is 4. The molecule has 0 atom stereocenters. The van der Waals surface area contributed by atoms with Crippen LogP contribution in [0.2, 0.25) is 5.02 Å². The molecule has 124 valence electrons. The fourth-order valence-corrected chi connectivity index (χ4v) is 2.05. The first-order chi connectivity index (χ1) is 10.6. The number of benzene rings is 1. The quantitative estimate of drug-likeness (QED) is 0.669. The van der Waals surface area contributed by atoms with Gasteiger partial charge >= 0.3 is 0 Å². The van der Waals surface area contributed by atoms with Crippen molar-refractivity contribution in [3.8, 4) is 11.5 Å². The Balaban J connectivity index is 2.85. The normalized spacial score (nSPS) is 10.4. The second kappa shape index (κ2) is 10.3. The topological polar surface area (TPSA) is 56.8 Å². The molecule has 0 aliphatic heterocycles. The lowest BCUT2D eigenvalue weighted by Gasteiger charge is -2.15. The van der Waals surface area contributed by atoms with E-state index in [4.69, 9.17) is 25.8 Å². The van der Waals surface area contributed by atoms with Crippen molar-refractivity contribution in [2.24, 2.45) is 0 Å². The monoisotopic (exact) mass is 329 g/mol. The molecule has 0 fully saturated rings. The molecule has 0 aliphatic rings. The highest BCUT2D eigenvalue weighted by Crippen LogP contribution is 2.36. The maximum absolute atomic E-state index is 12.1. The SMILES string of the molecule is CCCOc1c(Cl)cc(C(=O)NCCOCC)cc1OCC. The lowest BCUT2D eigenvalue weighted by atomic mass is 10.2. The van der Waals surface area contributed by atoms with E-state index in [1.807, 2.05) is 20.8 Å². The van der Waals surface area contributed by atoms with E-state index in [-0.39, 0.29) is 5.91 Å². The van der Waals surface area contributed by atoms with Gasteiger partial charge in [-0.3, -0.25) is 4.79 Å². The standard InChI is InChI=1S/C16H24ClNO4/c1-4-8-22-15-13(17)10-12(11-14(15)21-6-3)16(19)18-7-9-20-5-2/h10-11H,4-9H2,1-3H3,(H,18,19).